The Balaban J connectivity index is 2.09. The molecule has 0 bridgehead atoms. The summed E-state index contributed by atoms with van der Waals surface area (Å²) in [5.74, 6) is 0.484. The fourth-order valence-electron chi connectivity index (χ4n) is 2.92. The number of hydrogen-bond acceptors (Lipinski definition) is 2. The van der Waals surface area contributed by atoms with Crippen LogP contribution >= 0.6 is 0 Å². The van der Waals surface area contributed by atoms with Gasteiger partial charge in [0.2, 0.25) is 0 Å². The molecule has 0 fully saturated rings. The van der Waals surface area contributed by atoms with Crippen molar-refractivity contribution in [1.29, 1.82) is 0 Å². The molecule has 0 saturated heterocycles. The first-order valence-electron chi connectivity index (χ1n) is 6.80. The molecular formula is C15H23NO. The van der Waals surface area contributed by atoms with E-state index >= 15 is 0 Å². The lowest BCUT2D eigenvalue weighted by atomic mass is 10.1. The lowest BCUT2D eigenvalue weighted by Gasteiger charge is -2.27. The molecule has 0 amide bonds. The first-order chi connectivity index (χ1) is 8.26. The average Bonchev–Trinajstić information content (AvgIpc) is 2.74. The van der Waals surface area contributed by atoms with Gasteiger partial charge in [-0.1, -0.05) is 26.0 Å². The summed E-state index contributed by atoms with van der Waals surface area (Å²) in [6.45, 7) is 6.82. The number of phenols is 1. The smallest absolute Gasteiger partial charge is 0.119 e. The van der Waals surface area contributed by atoms with Crippen molar-refractivity contribution in [3.63, 3.8) is 0 Å². The first-order valence-corrected chi connectivity index (χ1v) is 6.80. The molecule has 1 aliphatic carbocycles. The highest BCUT2D eigenvalue weighted by Gasteiger charge is 2.27. The second-order valence-electron chi connectivity index (χ2n) is 5.01. The molecule has 2 nitrogen and oxygen atoms in total. The summed E-state index contributed by atoms with van der Waals surface area (Å²) >= 11 is 0. The van der Waals surface area contributed by atoms with Crippen LogP contribution in [-0.2, 0) is 12.8 Å². The van der Waals surface area contributed by atoms with Gasteiger partial charge in [0.1, 0.15) is 5.75 Å². The highest BCUT2D eigenvalue weighted by molar-refractivity contribution is 5.43. The third-order valence-corrected chi connectivity index (χ3v) is 3.68. The van der Waals surface area contributed by atoms with Gasteiger partial charge in [-0.2, -0.15) is 0 Å². The van der Waals surface area contributed by atoms with Gasteiger partial charge in [-0.3, -0.25) is 4.90 Å². The Morgan fingerprint density at radius 3 is 2.47 bits per heavy atom. The van der Waals surface area contributed by atoms with E-state index in [-0.39, 0.29) is 0 Å². The fourth-order valence-corrected chi connectivity index (χ4v) is 2.92. The second-order valence-corrected chi connectivity index (χ2v) is 5.01. The van der Waals surface area contributed by atoms with Crippen LogP contribution < -0.4 is 0 Å². The largest absolute Gasteiger partial charge is 0.508 e. The van der Waals surface area contributed by atoms with Crippen molar-refractivity contribution in [3.8, 4) is 5.75 Å². The molecule has 1 N–H and O–H groups in total. The van der Waals surface area contributed by atoms with E-state index in [2.05, 4.69) is 24.8 Å². The van der Waals surface area contributed by atoms with E-state index in [1.165, 1.54) is 37.1 Å². The summed E-state index contributed by atoms with van der Waals surface area (Å²) in [6.07, 6.45) is 4.53. The third-order valence-electron chi connectivity index (χ3n) is 3.68. The van der Waals surface area contributed by atoms with Crippen LogP contribution in [0.4, 0.5) is 0 Å². The Bertz CT molecular complexity index is 369. The maximum Gasteiger partial charge on any atom is 0.119 e. The van der Waals surface area contributed by atoms with E-state index in [0.29, 0.717) is 11.8 Å². The van der Waals surface area contributed by atoms with E-state index in [4.69, 9.17) is 0 Å². The highest BCUT2D eigenvalue weighted by Crippen LogP contribution is 2.32. The Morgan fingerprint density at radius 1 is 1.18 bits per heavy atom. The molecule has 17 heavy (non-hydrogen) atoms. The minimum absolute atomic E-state index is 0.484. The van der Waals surface area contributed by atoms with Crippen LogP contribution in [-0.4, -0.2) is 29.1 Å². The van der Waals surface area contributed by atoms with Gasteiger partial charge in [0.25, 0.3) is 0 Å². The lowest BCUT2D eigenvalue weighted by molar-refractivity contribution is 0.201. The zero-order valence-corrected chi connectivity index (χ0v) is 10.9. The average molecular weight is 233 g/mol. The number of aromatic hydroxyl groups is 1. The van der Waals surface area contributed by atoms with Crippen molar-refractivity contribution in [2.24, 2.45) is 0 Å². The van der Waals surface area contributed by atoms with Crippen molar-refractivity contribution in [2.75, 3.05) is 13.1 Å². The van der Waals surface area contributed by atoms with Crippen LogP contribution in [0.2, 0.25) is 0 Å². The predicted molar refractivity (Wildman–Crippen MR) is 71.5 cm³/mol. The second kappa shape index (κ2) is 5.54. The molecule has 1 aromatic carbocycles. The van der Waals surface area contributed by atoms with Gasteiger partial charge in [0.15, 0.2) is 0 Å². The zero-order chi connectivity index (χ0) is 12.3. The Kier molecular flexibility index (Phi) is 4.06. The quantitative estimate of drug-likeness (QED) is 0.845. The molecule has 0 spiro atoms. The van der Waals surface area contributed by atoms with Crippen molar-refractivity contribution in [3.05, 3.63) is 29.3 Å². The van der Waals surface area contributed by atoms with Gasteiger partial charge in [-0.05, 0) is 56.0 Å². The summed E-state index contributed by atoms with van der Waals surface area (Å²) in [5.41, 5.74) is 2.52. The van der Waals surface area contributed by atoms with Crippen LogP contribution in [0.25, 0.3) is 0 Å². The molecule has 1 aromatic rings. The maximum atomic E-state index is 9.87. The molecule has 1 aliphatic rings. The lowest BCUT2D eigenvalue weighted by Crippen LogP contribution is -2.37. The number of nitrogens with zero attached hydrogens (tertiary/aromatic N) is 1. The fraction of sp³-hybridized carbons (Fsp3) is 0.600. The SMILES string of the molecule is CCCN(CCC)C1Cc2cccc(O)c2C1. The van der Waals surface area contributed by atoms with Crippen molar-refractivity contribution < 1.29 is 5.11 Å². The predicted octanol–water partition coefficient (Wildman–Crippen LogP) is 2.98. The van der Waals surface area contributed by atoms with E-state index in [1.54, 1.807) is 0 Å². The summed E-state index contributed by atoms with van der Waals surface area (Å²) < 4.78 is 0. The Morgan fingerprint density at radius 2 is 1.88 bits per heavy atom. The molecule has 2 rings (SSSR count). The normalized spacial score (nSPS) is 18.6. The molecule has 0 aliphatic heterocycles. The summed E-state index contributed by atoms with van der Waals surface area (Å²) in [4.78, 5) is 2.58. The van der Waals surface area contributed by atoms with Gasteiger partial charge in [-0.15, -0.1) is 0 Å². The number of fused-ring (bicyclic) bond motifs is 1. The van der Waals surface area contributed by atoms with Gasteiger partial charge in [-0.25, -0.2) is 0 Å². The van der Waals surface area contributed by atoms with Crippen molar-refractivity contribution in [1.82, 2.24) is 4.90 Å². The molecule has 0 radical (unpaired) electrons. The van der Waals surface area contributed by atoms with Gasteiger partial charge in [0.05, 0.1) is 0 Å². The molecule has 2 heteroatoms. The van der Waals surface area contributed by atoms with Crippen molar-refractivity contribution in [2.45, 2.75) is 45.6 Å². The molecule has 1 atom stereocenters. The van der Waals surface area contributed by atoms with E-state index < -0.39 is 0 Å². The number of phenolic OH excluding ortho intramolecular Hbond substituents is 1. The Hall–Kier alpha value is -1.02. The van der Waals surface area contributed by atoms with Gasteiger partial charge >= 0.3 is 0 Å². The van der Waals surface area contributed by atoms with E-state index in [1.807, 2.05) is 12.1 Å². The summed E-state index contributed by atoms with van der Waals surface area (Å²) in [6, 6.07) is 6.52. The topological polar surface area (TPSA) is 23.5 Å². The molecule has 94 valence electrons. The molecule has 1 unspecified atom stereocenters. The highest BCUT2D eigenvalue weighted by atomic mass is 16.3. The standard InChI is InChI=1S/C15H23NO/c1-3-8-16(9-4-2)13-10-12-6-5-7-15(17)14(12)11-13/h5-7,13,17H,3-4,8-11H2,1-2H3. The maximum absolute atomic E-state index is 9.87. The molecule has 0 heterocycles. The van der Waals surface area contributed by atoms with Gasteiger partial charge in [0, 0.05) is 6.04 Å². The number of hydrogen-bond donors (Lipinski definition) is 1. The molecule has 0 saturated carbocycles. The molecular weight excluding hydrogens is 210 g/mol. The van der Waals surface area contributed by atoms with E-state index in [9.17, 15) is 5.11 Å². The summed E-state index contributed by atoms with van der Waals surface area (Å²) in [5, 5.41) is 9.87. The first kappa shape index (κ1) is 12.4. The van der Waals surface area contributed by atoms with Gasteiger partial charge < -0.3 is 5.11 Å². The van der Waals surface area contributed by atoms with Crippen LogP contribution in [0.5, 0.6) is 5.75 Å². The monoisotopic (exact) mass is 233 g/mol. The Labute approximate surface area is 104 Å². The minimum Gasteiger partial charge on any atom is -0.508 e. The van der Waals surface area contributed by atoms with E-state index in [0.717, 1.165) is 12.8 Å². The van der Waals surface area contributed by atoms with Crippen LogP contribution in [0.1, 0.15) is 37.8 Å². The molecule has 0 aromatic heterocycles. The minimum atomic E-state index is 0.484. The zero-order valence-electron chi connectivity index (χ0n) is 10.9. The van der Waals surface area contributed by atoms with Crippen molar-refractivity contribution >= 4 is 0 Å². The third kappa shape index (κ3) is 2.63. The summed E-state index contributed by atoms with van der Waals surface area (Å²) in [7, 11) is 0. The van der Waals surface area contributed by atoms with Crippen LogP contribution in [0.15, 0.2) is 18.2 Å². The number of benzene rings is 1. The van der Waals surface area contributed by atoms with Crippen LogP contribution in [0.3, 0.4) is 0 Å². The number of rotatable bonds is 5. The van der Waals surface area contributed by atoms with Crippen LogP contribution in [0, 0.1) is 0 Å².